The minimum Gasteiger partial charge on any atom is -0.366 e. The van der Waals surface area contributed by atoms with Crippen LogP contribution in [0.5, 0.6) is 0 Å². The van der Waals surface area contributed by atoms with Crippen molar-refractivity contribution in [2.24, 2.45) is 5.73 Å². The highest BCUT2D eigenvalue weighted by molar-refractivity contribution is 6.00. The molecule has 4 nitrogen and oxygen atoms in total. The van der Waals surface area contributed by atoms with Crippen molar-refractivity contribution in [3.8, 4) is 0 Å². The van der Waals surface area contributed by atoms with E-state index in [1.54, 1.807) is 36.4 Å². The molecule has 3 rings (SSSR count). The number of nitrogens with one attached hydrogen (secondary N) is 1. The van der Waals surface area contributed by atoms with Crippen molar-refractivity contribution in [1.29, 1.82) is 0 Å². The van der Waals surface area contributed by atoms with E-state index in [4.69, 9.17) is 5.73 Å². The summed E-state index contributed by atoms with van der Waals surface area (Å²) in [4.78, 5) is 23.8. The number of halogens is 1. The first kappa shape index (κ1) is 15.2. The molecule has 1 saturated carbocycles. The molecule has 2 aromatic rings. The Morgan fingerprint density at radius 3 is 2.09 bits per heavy atom. The molecule has 2 amide bonds. The van der Waals surface area contributed by atoms with E-state index in [0.29, 0.717) is 11.3 Å². The highest BCUT2D eigenvalue weighted by Crippen LogP contribution is 2.44. The largest absolute Gasteiger partial charge is 0.366 e. The Morgan fingerprint density at radius 1 is 1.00 bits per heavy atom. The molecule has 0 atom stereocenters. The minimum absolute atomic E-state index is 0.109. The Hall–Kier alpha value is -2.69. The highest BCUT2D eigenvalue weighted by atomic mass is 19.1. The first-order valence-electron chi connectivity index (χ1n) is 7.49. The van der Waals surface area contributed by atoms with E-state index in [2.05, 4.69) is 5.32 Å². The first-order chi connectivity index (χ1) is 11.0. The van der Waals surface area contributed by atoms with Gasteiger partial charge in [0.1, 0.15) is 5.82 Å². The fourth-order valence-electron chi connectivity index (χ4n) is 2.91. The van der Waals surface area contributed by atoms with Crippen molar-refractivity contribution in [1.82, 2.24) is 0 Å². The zero-order chi connectivity index (χ0) is 16.4. The topological polar surface area (TPSA) is 72.2 Å². The number of amides is 2. The second-order valence-electron chi connectivity index (χ2n) is 5.84. The number of primary amides is 1. The Kier molecular flexibility index (Phi) is 3.86. The zero-order valence-corrected chi connectivity index (χ0v) is 12.5. The monoisotopic (exact) mass is 312 g/mol. The van der Waals surface area contributed by atoms with Crippen molar-refractivity contribution in [2.75, 3.05) is 5.32 Å². The maximum absolute atomic E-state index is 13.1. The van der Waals surface area contributed by atoms with Crippen LogP contribution in [0, 0.1) is 5.82 Å². The van der Waals surface area contributed by atoms with Crippen molar-refractivity contribution in [2.45, 2.75) is 24.7 Å². The van der Waals surface area contributed by atoms with Gasteiger partial charge in [0.25, 0.3) is 0 Å². The van der Waals surface area contributed by atoms with E-state index in [1.807, 2.05) is 0 Å². The molecule has 0 heterocycles. The summed E-state index contributed by atoms with van der Waals surface area (Å²) in [6, 6.07) is 12.5. The van der Waals surface area contributed by atoms with Crippen LogP contribution in [-0.4, -0.2) is 11.8 Å². The maximum atomic E-state index is 13.1. The molecule has 5 heteroatoms. The van der Waals surface area contributed by atoms with Crippen LogP contribution in [0.2, 0.25) is 0 Å². The van der Waals surface area contributed by atoms with Gasteiger partial charge in [-0.2, -0.15) is 0 Å². The Bertz CT molecular complexity index is 735. The van der Waals surface area contributed by atoms with Crippen LogP contribution in [0.25, 0.3) is 0 Å². The molecule has 1 aliphatic carbocycles. The molecule has 23 heavy (non-hydrogen) atoms. The van der Waals surface area contributed by atoms with Gasteiger partial charge < -0.3 is 11.1 Å². The SMILES string of the molecule is NC(=O)c1ccc(NC(=O)C2(c3ccc(F)cc3)CCC2)cc1. The maximum Gasteiger partial charge on any atom is 0.248 e. The van der Waals surface area contributed by atoms with Gasteiger partial charge in [0.05, 0.1) is 5.41 Å². The third-order valence-electron chi connectivity index (χ3n) is 4.47. The van der Waals surface area contributed by atoms with Crippen molar-refractivity contribution >= 4 is 17.5 Å². The average Bonchev–Trinajstić information content (AvgIpc) is 2.48. The molecule has 1 fully saturated rings. The molecule has 118 valence electrons. The lowest BCUT2D eigenvalue weighted by molar-refractivity contribution is -0.124. The van der Waals surface area contributed by atoms with Crippen LogP contribution in [0.4, 0.5) is 10.1 Å². The third-order valence-corrected chi connectivity index (χ3v) is 4.47. The summed E-state index contributed by atoms with van der Waals surface area (Å²) in [7, 11) is 0. The summed E-state index contributed by atoms with van der Waals surface area (Å²) in [5.74, 6) is -0.933. The predicted molar refractivity (Wildman–Crippen MR) is 85.5 cm³/mol. The molecule has 0 saturated heterocycles. The van der Waals surface area contributed by atoms with Crippen LogP contribution < -0.4 is 11.1 Å². The number of nitrogens with two attached hydrogens (primary N) is 1. The van der Waals surface area contributed by atoms with E-state index in [-0.39, 0.29) is 11.7 Å². The summed E-state index contributed by atoms with van der Waals surface area (Å²) in [5.41, 5.74) is 6.42. The van der Waals surface area contributed by atoms with Gasteiger partial charge in [-0.05, 0) is 54.8 Å². The lowest BCUT2D eigenvalue weighted by Crippen LogP contribution is -2.46. The second-order valence-corrected chi connectivity index (χ2v) is 5.84. The minimum atomic E-state index is -0.601. The molecule has 1 aliphatic rings. The molecule has 0 bridgehead atoms. The smallest absolute Gasteiger partial charge is 0.248 e. The van der Waals surface area contributed by atoms with Crippen LogP contribution in [-0.2, 0) is 10.2 Å². The van der Waals surface area contributed by atoms with Gasteiger partial charge in [-0.25, -0.2) is 4.39 Å². The summed E-state index contributed by atoms with van der Waals surface area (Å²) >= 11 is 0. The summed E-state index contributed by atoms with van der Waals surface area (Å²) < 4.78 is 13.1. The van der Waals surface area contributed by atoms with Gasteiger partial charge in [-0.3, -0.25) is 9.59 Å². The van der Waals surface area contributed by atoms with Gasteiger partial charge >= 0.3 is 0 Å². The van der Waals surface area contributed by atoms with Crippen molar-refractivity contribution in [3.63, 3.8) is 0 Å². The standard InChI is InChI=1S/C18H17FN2O2/c19-14-6-4-13(5-7-14)18(10-1-11-18)17(23)21-15-8-2-12(3-9-15)16(20)22/h2-9H,1,10-11H2,(H2,20,22)(H,21,23). The van der Waals surface area contributed by atoms with Gasteiger partial charge in [0.2, 0.25) is 11.8 Å². The zero-order valence-electron chi connectivity index (χ0n) is 12.5. The normalized spacial score (nSPS) is 15.5. The molecule has 0 aliphatic heterocycles. The number of benzene rings is 2. The Morgan fingerprint density at radius 2 is 1.61 bits per heavy atom. The van der Waals surface area contributed by atoms with Gasteiger partial charge in [-0.15, -0.1) is 0 Å². The van der Waals surface area contributed by atoms with Gasteiger partial charge in [0, 0.05) is 11.3 Å². The van der Waals surface area contributed by atoms with E-state index < -0.39 is 11.3 Å². The number of hydrogen-bond donors (Lipinski definition) is 2. The molecular weight excluding hydrogens is 295 g/mol. The van der Waals surface area contributed by atoms with E-state index in [9.17, 15) is 14.0 Å². The Labute approximate surface area is 133 Å². The quantitative estimate of drug-likeness (QED) is 0.911. The molecule has 2 aromatic carbocycles. The molecule has 0 radical (unpaired) electrons. The molecule has 0 unspecified atom stereocenters. The fourth-order valence-corrected chi connectivity index (χ4v) is 2.91. The highest BCUT2D eigenvalue weighted by Gasteiger charge is 2.45. The number of hydrogen-bond acceptors (Lipinski definition) is 2. The Balaban J connectivity index is 1.80. The van der Waals surface area contributed by atoms with Gasteiger partial charge in [-0.1, -0.05) is 18.6 Å². The number of carbonyl (C=O) groups is 2. The third kappa shape index (κ3) is 2.82. The van der Waals surface area contributed by atoms with Crippen LogP contribution in [0.15, 0.2) is 48.5 Å². The fraction of sp³-hybridized carbons (Fsp3) is 0.222. The van der Waals surface area contributed by atoms with Crippen LogP contribution in [0.1, 0.15) is 35.2 Å². The lowest BCUT2D eigenvalue weighted by Gasteiger charge is -2.40. The number of carbonyl (C=O) groups excluding carboxylic acids is 2. The van der Waals surface area contributed by atoms with E-state index in [1.165, 1.54) is 12.1 Å². The number of rotatable bonds is 4. The van der Waals surface area contributed by atoms with Gasteiger partial charge in [0.15, 0.2) is 0 Å². The lowest BCUT2D eigenvalue weighted by atomic mass is 9.64. The molecule has 3 N–H and O–H groups in total. The summed E-state index contributed by atoms with van der Waals surface area (Å²) in [6.07, 6.45) is 2.44. The van der Waals surface area contributed by atoms with E-state index in [0.717, 1.165) is 24.8 Å². The second kappa shape index (κ2) is 5.83. The number of anilines is 1. The summed E-state index contributed by atoms with van der Waals surface area (Å²) in [5, 5.41) is 2.88. The van der Waals surface area contributed by atoms with Crippen LogP contribution >= 0.6 is 0 Å². The van der Waals surface area contributed by atoms with Crippen LogP contribution in [0.3, 0.4) is 0 Å². The molecule has 0 spiro atoms. The summed E-state index contributed by atoms with van der Waals surface area (Å²) in [6.45, 7) is 0. The van der Waals surface area contributed by atoms with E-state index >= 15 is 0 Å². The molecule has 0 aromatic heterocycles. The predicted octanol–water partition coefficient (Wildman–Crippen LogP) is 2.99. The van der Waals surface area contributed by atoms with Crippen molar-refractivity contribution in [3.05, 3.63) is 65.5 Å². The molecular formula is C18H17FN2O2. The average molecular weight is 312 g/mol. The first-order valence-corrected chi connectivity index (χ1v) is 7.49. The van der Waals surface area contributed by atoms with Crippen molar-refractivity contribution < 1.29 is 14.0 Å².